The molecular formula is C15H23. The Bertz CT molecular complexity index is 245. The smallest absolute Gasteiger partial charge is 0.00958 e. The topological polar surface area (TPSA) is 0 Å². The van der Waals surface area contributed by atoms with E-state index in [4.69, 9.17) is 0 Å². The summed E-state index contributed by atoms with van der Waals surface area (Å²) in [7, 11) is 0. The summed E-state index contributed by atoms with van der Waals surface area (Å²) >= 11 is 0. The number of hydrogen-bond donors (Lipinski definition) is 0. The van der Waals surface area contributed by atoms with Crippen molar-refractivity contribution in [2.45, 2.75) is 52.4 Å². The van der Waals surface area contributed by atoms with Gasteiger partial charge in [-0.15, -0.1) is 0 Å². The number of hydrogen-bond acceptors (Lipinski definition) is 0. The van der Waals surface area contributed by atoms with Crippen molar-refractivity contribution >= 4 is 0 Å². The van der Waals surface area contributed by atoms with Crippen LogP contribution in [0.25, 0.3) is 0 Å². The molecule has 0 saturated heterocycles. The summed E-state index contributed by atoms with van der Waals surface area (Å²) in [6, 6.07) is 9.01. The van der Waals surface area contributed by atoms with Crippen LogP contribution in [0.2, 0.25) is 0 Å². The highest BCUT2D eigenvalue weighted by Crippen LogP contribution is 2.11. The molecule has 0 amide bonds. The van der Waals surface area contributed by atoms with Crippen LogP contribution in [-0.4, -0.2) is 0 Å². The van der Waals surface area contributed by atoms with E-state index in [1.165, 1.54) is 43.2 Å². The van der Waals surface area contributed by atoms with Gasteiger partial charge in [0, 0.05) is 0 Å². The highest BCUT2D eigenvalue weighted by atomic mass is 14.0. The van der Waals surface area contributed by atoms with Crippen molar-refractivity contribution in [1.82, 2.24) is 0 Å². The fourth-order valence-corrected chi connectivity index (χ4v) is 1.81. The summed E-state index contributed by atoms with van der Waals surface area (Å²) in [6.45, 7) is 4.44. The Hall–Kier alpha value is -0.780. The average Bonchev–Trinajstić information content (AvgIpc) is 2.27. The van der Waals surface area contributed by atoms with Gasteiger partial charge in [-0.1, -0.05) is 57.4 Å². The third kappa shape index (κ3) is 5.01. The predicted molar refractivity (Wildman–Crippen MR) is 68.0 cm³/mol. The van der Waals surface area contributed by atoms with Gasteiger partial charge in [0.1, 0.15) is 0 Å². The van der Waals surface area contributed by atoms with Crippen LogP contribution < -0.4 is 0 Å². The molecule has 1 aromatic carbocycles. The zero-order chi connectivity index (χ0) is 10.9. The van der Waals surface area contributed by atoms with Crippen molar-refractivity contribution in [3.05, 3.63) is 41.8 Å². The van der Waals surface area contributed by atoms with Gasteiger partial charge in [-0.2, -0.15) is 0 Å². The quantitative estimate of drug-likeness (QED) is 0.560. The third-order valence-electron chi connectivity index (χ3n) is 2.74. The van der Waals surface area contributed by atoms with Gasteiger partial charge in [0.05, 0.1) is 0 Å². The summed E-state index contributed by atoms with van der Waals surface area (Å²) in [6.07, 6.45) is 10.0. The molecule has 1 aromatic rings. The lowest BCUT2D eigenvalue weighted by molar-refractivity contribution is 0.667. The second-order valence-electron chi connectivity index (χ2n) is 4.16. The van der Waals surface area contributed by atoms with Crippen molar-refractivity contribution in [3.8, 4) is 0 Å². The SMILES string of the molecule is CC[CH]c1ccc(CCCCCC)cc1. The second-order valence-corrected chi connectivity index (χ2v) is 4.16. The van der Waals surface area contributed by atoms with Crippen LogP contribution in [0.5, 0.6) is 0 Å². The highest BCUT2D eigenvalue weighted by Gasteiger charge is 1.95. The van der Waals surface area contributed by atoms with Gasteiger partial charge in [-0.3, -0.25) is 0 Å². The van der Waals surface area contributed by atoms with E-state index in [9.17, 15) is 0 Å². The van der Waals surface area contributed by atoms with E-state index in [0.717, 1.165) is 6.42 Å². The molecule has 0 atom stereocenters. The Labute approximate surface area is 94.7 Å². The lowest BCUT2D eigenvalue weighted by atomic mass is 10.0. The van der Waals surface area contributed by atoms with Gasteiger partial charge in [0.15, 0.2) is 0 Å². The molecule has 15 heavy (non-hydrogen) atoms. The van der Waals surface area contributed by atoms with E-state index in [0.29, 0.717) is 0 Å². The molecule has 0 heterocycles. The first-order chi connectivity index (χ1) is 7.36. The molecule has 0 bridgehead atoms. The fraction of sp³-hybridized carbons (Fsp3) is 0.533. The molecular weight excluding hydrogens is 180 g/mol. The zero-order valence-electron chi connectivity index (χ0n) is 10.1. The van der Waals surface area contributed by atoms with Gasteiger partial charge in [-0.05, 0) is 36.8 Å². The first-order valence-corrected chi connectivity index (χ1v) is 6.29. The van der Waals surface area contributed by atoms with Crippen molar-refractivity contribution in [2.75, 3.05) is 0 Å². The highest BCUT2D eigenvalue weighted by molar-refractivity contribution is 5.27. The maximum atomic E-state index is 2.27. The normalized spacial score (nSPS) is 10.5. The largest absolute Gasteiger partial charge is 0.0654 e. The van der Waals surface area contributed by atoms with Gasteiger partial charge >= 0.3 is 0 Å². The van der Waals surface area contributed by atoms with E-state index in [1.54, 1.807) is 0 Å². The minimum Gasteiger partial charge on any atom is -0.0654 e. The molecule has 1 rings (SSSR count). The first kappa shape index (κ1) is 12.3. The standard InChI is InChI=1S/C15H23/c1-3-5-6-7-9-15-12-10-14(8-4-2)11-13-15/h8,10-13H,3-7,9H2,1-2H3. The first-order valence-electron chi connectivity index (χ1n) is 6.29. The van der Waals surface area contributed by atoms with Crippen LogP contribution in [0.4, 0.5) is 0 Å². The molecule has 0 aromatic heterocycles. The predicted octanol–water partition coefficient (Wildman–Crippen LogP) is 4.77. The summed E-state index contributed by atoms with van der Waals surface area (Å²) in [4.78, 5) is 0. The molecule has 0 aliphatic rings. The molecule has 0 saturated carbocycles. The molecule has 0 heteroatoms. The van der Waals surface area contributed by atoms with Crippen LogP contribution in [0.3, 0.4) is 0 Å². The minimum atomic E-state index is 1.12. The Morgan fingerprint density at radius 2 is 1.67 bits per heavy atom. The van der Waals surface area contributed by atoms with Crippen LogP contribution in [-0.2, 0) is 6.42 Å². The molecule has 1 radical (unpaired) electrons. The van der Waals surface area contributed by atoms with E-state index in [1.807, 2.05) is 0 Å². The molecule has 0 aliphatic heterocycles. The van der Waals surface area contributed by atoms with E-state index < -0.39 is 0 Å². The molecule has 83 valence electrons. The third-order valence-corrected chi connectivity index (χ3v) is 2.74. The Morgan fingerprint density at radius 3 is 2.27 bits per heavy atom. The molecule has 0 nitrogen and oxygen atoms in total. The van der Waals surface area contributed by atoms with Gasteiger partial charge in [0.2, 0.25) is 0 Å². The Morgan fingerprint density at radius 1 is 0.933 bits per heavy atom. The van der Waals surface area contributed by atoms with Crippen LogP contribution in [0, 0.1) is 6.42 Å². The average molecular weight is 203 g/mol. The van der Waals surface area contributed by atoms with Crippen molar-refractivity contribution in [2.24, 2.45) is 0 Å². The zero-order valence-corrected chi connectivity index (χ0v) is 10.1. The summed E-state index contributed by atoms with van der Waals surface area (Å²) in [5.74, 6) is 0. The van der Waals surface area contributed by atoms with Gasteiger partial charge < -0.3 is 0 Å². The number of rotatable bonds is 7. The summed E-state index contributed by atoms with van der Waals surface area (Å²) in [5, 5.41) is 0. The molecule has 0 N–H and O–H groups in total. The second kappa shape index (κ2) is 7.50. The maximum Gasteiger partial charge on any atom is -0.00958 e. The molecule has 0 aliphatic carbocycles. The Balaban J connectivity index is 2.29. The monoisotopic (exact) mass is 203 g/mol. The maximum absolute atomic E-state index is 2.27. The van der Waals surface area contributed by atoms with E-state index in [-0.39, 0.29) is 0 Å². The van der Waals surface area contributed by atoms with E-state index in [2.05, 4.69) is 44.5 Å². The van der Waals surface area contributed by atoms with Crippen LogP contribution in [0.15, 0.2) is 24.3 Å². The van der Waals surface area contributed by atoms with Crippen molar-refractivity contribution in [1.29, 1.82) is 0 Å². The van der Waals surface area contributed by atoms with Gasteiger partial charge in [-0.25, -0.2) is 0 Å². The van der Waals surface area contributed by atoms with Crippen molar-refractivity contribution in [3.63, 3.8) is 0 Å². The fourth-order valence-electron chi connectivity index (χ4n) is 1.81. The summed E-state index contributed by atoms with van der Waals surface area (Å²) < 4.78 is 0. The van der Waals surface area contributed by atoms with Crippen molar-refractivity contribution < 1.29 is 0 Å². The minimum absolute atomic E-state index is 1.12. The number of unbranched alkanes of at least 4 members (excludes halogenated alkanes) is 3. The molecule has 0 fully saturated rings. The lowest BCUT2D eigenvalue weighted by Gasteiger charge is -2.03. The van der Waals surface area contributed by atoms with E-state index >= 15 is 0 Å². The van der Waals surface area contributed by atoms with Crippen LogP contribution >= 0.6 is 0 Å². The molecule has 0 unspecified atom stereocenters. The summed E-state index contributed by atoms with van der Waals surface area (Å²) in [5.41, 5.74) is 2.84. The number of aryl methyl sites for hydroxylation is 1. The number of benzene rings is 1. The van der Waals surface area contributed by atoms with Gasteiger partial charge in [0.25, 0.3) is 0 Å². The van der Waals surface area contributed by atoms with Crippen LogP contribution in [0.1, 0.15) is 57.1 Å². The Kier molecular flexibility index (Phi) is 6.15. The lowest BCUT2D eigenvalue weighted by Crippen LogP contribution is -1.87. The molecule has 0 spiro atoms.